The maximum atomic E-state index is 12.5. The zero-order chi connectivity index (χ0) is 19.9. The molecule has 0 heterocycles. The number of nitrogens with one attached hydrogen (secondary N) is 2. The van der Waals surface area contributed by atoms with Crippen LogP contribution in [0.25, 0.3) is 0 Å². The minimum atomic E-state index is -0.351. The van der Waals surface area contributed by atoms with Gasteiger partial charge in [0.15, 0.2) is 5.11 Å². The fourth-order valence-corrected chi connectivity index (χ4v) is 3.17. The summed E-state index contributed by atoms with van der Waals surface area (Å²) in [4.78, 5) is 12.5. The predicted molar refractivity (Wildman–Crippen MR) is 117 cm³/mol. The zero-order valence-corrected chi connectivity index (χ0v) is 16.9. The zero-order valence-electron chi connectivity index (χ0n) is 14.6. The van der Waals surface area contributed by atoms with Gasteiger partial charge in [0, 0.05) is 21.3 Å². The van der Waals surface area contributed by atoms with Gasteiger partial charge < -0.3 is 10.1 Å². The van der Waals surface area contributed by atoms with Crippen molar-refractivity contribution in [3.05, 3.63) is 94.0 Å². The van der Waals surface area contributed by atoms with Crippen LogP contribution in [0.5, 0.6) is 5.75 Å². The minimum Gasteiger partial charge on any atom is -0.489 e. The van der Waals surface area contributed by atoms with E-state index in [-0.39, 0.29) is 11.0 Å². The van der Waals surface area contributed by atoms with E-state index in [0.29, 0.717) is 33.7 Å². The molecule has 0 fully saturated rings. The molecular weight excluding hydrogens is 415 g/mol. The largest absolute Gasteiger partial charge is 0.489 e. The number of halogens is 2. The molecule has 0 saturated heterocycles. The van der Waals surface area contributed by atoms with Gasteiger partial charge in [-0.3, -0.25) is 10.1 Å². The van der Waals surface area contributed by atoms with Crippen molar-refractivity contribution >= 4 is 52.1 Å². The Labute approximate surface area is 178 Å². The van der Waals surface area contributed by atoms with Crippen LogP contribution < -0.4 is 15.4 Å². The lowest BCUT2D eigenvalue weighted by atomic mass is 10.2. The van der Waals surface area contributed by atoms with Crippen molar-refractivity contribution in [2.75, 3.05) is 5.32 Å². The second-order valence-electron chi connectivity index (χ2n) is 5.87. The highest BCUT2D eigenvalue weighted by molar-refractivity contribution is 7.80. The molecule has 142 valence electrons. The summed E-state index contributed by atoms with van der Waals surface area (Å²) in [6, 6.07) is 21.6. The molecule has 28 heavy (non-hydrogen) atoms. The number of benzene rings is 3. The van der Waals surface area contributed by atoms with Crippen molar-refractivity contribution in [2.45, 2.75) is 6.61 Å². The predicted octanol–water partition coefficient (Wildman–Crippen LogP) is 5.70. The molecule has 3 aromatic rings. The average molecular weight is 431 g/mol. The number of carbonyl (C=O) groups is 1. The van der Waals surface area contributed by atoms with Crippen molar-refractivity contribution < 1.29 is 9.53 Å². The van der Waals surface area contributed by atoms with Crippen molar-refractivity contribution in [3.63, 3.8) is 0 Å². The second kappa shape index (κ2) is 9.55. The van der Waals surface area contributed by atoms with Crippen molar-refractivity contribution in [1.82, 2.24) is 5.32 Å². The number of ether oxygens (including phenoxy) is 1. The summed E-state index contributed by atoms with van der Waals surface area (Å²) in [5, 5.41) is 6.58. The molecule has 0 aromatic heterocycles. The highest BCUT2D eigenvalue weighted by atomic mass is 35.5. The van der Waals surface area contributed by atoms with Gasteiger partial charge in [-0.2, -0.15) is 0 Å². The average Bonchev–Trinajstić information content (AvgIpc) is 2.66. The quantitative estimate of drug-likeness (QED) is 0.509. The van der Waals surface area contributed by atoms with Crippen LogP contribution in [-0.4, -0.2) is 11.0 Å². The monoisotopic (exact) mass is 430 g/mol. The normalized spacial score (nSPS) is 10.2. The number of anilines is 1. The molecule has 0 spiro atoms. The third-order valence-corrected chi connectivity index (χ3v) is 4.33. The Bertz CT molecular complexity index is 976. The topological polar surface area (TPSA) is 50.4 Å². The molecule has 0 aliphatic heterocycles. The van der Waals surface area contributed by atoms with E-state index in [2.05, 4.69) is 10.6 Å². The molecule has 4 nitrogen and oxygen atoms in total. The standard InChI is InChI=1S/C21H16Cl2N2O2S/c22-16-10-17(23)12-18(11-16)24-21(28)25-20(26)15-7-4-8-19(9-15)27-13-14-5-2-1-3-6-14/h1-12H,13H2,(H2,24,25,26,28). The maximum absolute atomic E-state index is 12.5. The molecule has 0 atom stereocenters. The molecule has 0 radical (unpaired) electrons. The number of rotatable bonds is 5. The Morgan fingerprint density at radius 2 is 1.64 bits per heavy atom. The summed E-state index contributed by atoms with van der Waals surface area (Å²) in [5.41, 5.74) is 2.06. The van der Waals surface area contributed by atoms with Crippen LogP contribution in [0.15, 0.2) is 72.8 Å². The van der Waals surface area contributed by atoms with Crippen molar-refractivity contribution in [1.29, 1.82) is 0 Å². The first kappa shape index (κ1) is 20.1. The van der Waals surface area contributed by atoms with E-state index in [4.69, 9.17) is 40.2 Å². The first-order valence-corrected chi connectivity index (χ1v) is 9.51. The van der Waals surface area contributed by atoms with Gasteiger partial charge in [-0.15, -0.1) is 0 Å². The van der Waals surface area contributed by atoms with Gasteiger partial charge in [0.1, 0.15) is 12.4 Å². The van der Waals surface area contributed by atoms with Gasteiger partial charge in [0.05, 0.1) is 0 Å². The fraction of sp³-hybridized carbons (Fsp3) is 0.0476. The molecule has 2 N–H and O–H groups in total. The number of hydrogen-bond acceptors (Lipinski definition) is 3. The second-order valence-corrected chi connectivity index (χ2v) is 7.15. The SMILES string of the molecule is O=C(NC(=S)Nc1cc(Cl)cc(Cl)c1)c1cccc(OCc2ccccc2)c1. The van der Waals surface area contributed by atoms with Crippen LogP contribution in [0, 0.1) is 0 Å². The lowest BCUT2D eigenvalue weighted by Gasteiger charge is -2.11. The lowest BCUT2D eigenvalue weighted by molar-refractivity contribution is 0.0977. The number of amides is 1. The van der Waals surface area contributed by atoms with Crippen LogP contribution >= 0.6 is 35.4 Å². The van der Waals surface area contributed by atoms with Gasteiger partial charge in [0.25, 0.3) is 5.91 Å². The Kier molecular flexibility index (Phi) is 6.87. The molecule has 3 aromatic carbocycles. The molecule has 0 aliphatic carbocycles. The number of carbonyl (C=O) groups excluding carboxylic acids is 1. The Hall–Kier alpha value is -2.60. The molecule has 3 rings (SSSR count). The Morgan fingerprint density at radius 1 is 0.929 bits per heavy atom. The van der Waals surface area contributed by atoms with Gasteiger partial charge in [-0.05, 0) is 54.2 Å². The summed E-state index contributed by atoms with van der Waals surface area (Å²) in [5.74, 6) is 0.243. The van der Waals surface area contributed by atoms with Crippen LogP contribution in [0.4, 0.5) is 5.69 Å². The van der Waals surface area contributed by atoms with Gasteiger partial charge >= 0.3 is 0 Å². The van der Waals surface area contributed by atoms with Gasteiger partial charge in [0.2, 0.25) is 0 Å². The van der Waals surface area contributed by atoms with E-state index in [9.17, 15) is 4.79 Å². The van der Waals surface area contributed by atoms with E-state index >= 15 is 0 Å². The van der Waals surface area contributed by atoms with Crippen LogP contribution in [0.2, 0.25) is 10.0 Å². The van der Waals surface area contributed by atoms with Crippen LogP contribution in [0.1, 0.15) is 15.9 Å². The van der Waals surface area contributed by atoms with Crippen LogP contribution in [-0.2, 0) is 6.61 Å². The molecule has 0 saturated carbocycles. The first-order chi connectivity index (χ1) is 13.5. The van der Waals surface area contributed by atoms with Gasteiger partial charge in [-0.25, -0.2) is 0 Å². The van der Waals surface area contributed by atoms with E-state index in [1.54, 1.807) is 42.5 Å². The summed E-state index contributed by atoms with van der Waals surface area (Å²) >= 11 is 17.1. The van der Waals surface area contributed by atoms with E-state index in [1.165, 1.54) is 0 Å². The summed E-state index contributed by atoms with van der Waals surface area (Å²) < 4.78 is 5.75. The van der Waals surface area contributed by atoms with Crippen LogP contribution in [0.3, 0.4) is 0 Å². The maximum Gasteiger partial charge on any atom is 0.257 e. The molecule has 0 bridgehead atoms. The third kappa shape index (κ3) is 5.96. The molecular formula is C21H16Cl2N2O2S. The summed E-state index contributed by atoms with van der Waals surface area (Å²) in [6.45, 7) is 0.418. The number of thiocarbonyl (C=S) groups is 1. The third-order valence-electron chi connectivity index (χ3n) is 3.69. The molecule has 0 unspecified atom stereocenters. The van der Waals surface area contributed by atoms with Gasteiger partial charge in [-0.1, -0.05) is 59.6 Å². The minimum absolute atomic E-state index is 0.138. The highest BCUT2D eigenvalue weighted by Crippen LogP contribution is 2.22. The molecule has 7 heteroatoms. The van der Waals surface area contributed by atoms with Crippen molar-refractivity contribution in [2.24, 2.45) is 0 Å². The first-order valence-electron chi connectivity index (χ1n) is 8.35. The smallest absolute Gasteiger partial charge is 0.257 e. The molecule has 1 amide bonds. The summed E-state index contributed by atoms with van der Waals surface area (Å²) in [6.07, 6.45) is 0. The molecule has 0 aliphatic rings. The fourth-order valence-electron chi connectivity index (χ4n) is 2.43. The highest BCUT2D eigenvalue weighted by Gasteiger charge is 2.10. The number of hydrogen-bond donors (Lipinski definition) is 2. The Morgan fingerprint density at radius 3 is 2.36 bits per heavy atom. The summed E-state index contributed by atoms with van der Waals surface area (Å²) in [7, 11) is 0. The van der Waals surface area contributed by atoms with E-state index in [0.717, 1.165) is 5.56 Å². The van der Waals surface area contributed by atoms with E-state index < -0.39 is 0 Å². The lowest BCUT2D eigenvalue weighted by Crippen LogP contribution is -2.34. The van der Waals surface area contributed by atoms with Crippen molar-refractivity contribution in [3.8, 4) is 5.75 Å². The Balaban J connectivity index is 1.60. The van der Waals surface area contributed by atoms with E-state index in [1.807, 2.05) is 30.3 Å².